The van der Waals surface area contributed by atoms with Crippen molar-refractivity contribution in [2.24, 2.45) is 0 Å². The number of nitrogens with one attached hydrogen (secondary N) is 1. The Morgan fingerprint density at radius 2 is 2.11 bits per heavy atom. The maximum absolute atomic E-state index is 4.79. The highest BCUT2D eigenvalue weighted by Gasteiger charge is 2.22. The number of anilines is 1. The zero-order valence-corrected chi connectivity index (χ0v) is 16.8. The third kappa shape index (κ3) is 3.42. The summed E-state index contributed by atoms with van der Waals surface area (Å²) in [5, 5.41) is 4.69. The molecule has 27 heavy (non-hydrogen) atoms. The highest BCUT2D eigenvalue weighted by molar-refractivity contribution is 7.22. The van der Waals surface area contributed by atoms with Crippen molar-refractivity contribution in [2.45, 2.75) is 43.9 Å². The van der Waals surface area contributed by atoms with Gasteiger partial charge in [-0.1, -0.05) is 30.2 Å². The van der Waals surface area contributed by atoms with Crippen LogP contribution in [-0.4, -0.2) is 36.2 Å². The minimum atomic E-state index is 0.515. The molecule has 1 aliphatic carbocycles. The lowest BCUT2D eigenvalue weighted by Gasteiger charge is -2.29. The van der Waals surface area contributed by atoms with E-state index in [-0.39, 0.29) is 0 Å². The van der Waals surface area contributed by atoms with Crippen LogP contribution in [-0.2, 0) is 6.54 Å². The normalized spacial score (nSPS) is 20.3. The van der Waals surface area contributed by atoms with Crippen molar-refractivity contribution in [3.63, 3.8) is 0 Å². The Kier molecular flexibility index (Phi) is 4.50. The van der Waals surface area contributed by atoms with Gasteiger partial charge in [-0.15, -0.1) is 9.24 Å². The molecule has 8 heteroatoms. The minimum absolute atomic E-state index is 0.515. The topological polar surface area (TPSA) is 68.5 Å². The summed E-state index contributed by atoms with van der Waals surface area (Å²) in [5.41, 5.74) is 4.60. The molecule has 0 amide bonds. The van der Waals surface area contributed by atoms with Gasteiger partial charge in [0, 0.05) is 6.04 Å². The predicted octanol–water partition coefficient (Wildman–Crippen LogP) is 4.08. The summed E-state index contributed by atoms with van der Waals surface area (Å²) in [6.45, 7) is 0.737. The van der Waals surface area contributed by atoms with Gasteiger partial charge in [-0.2, -0.15) is 0 Å². The highest BCUT2D eigenvalue weighted by Crippen LogP contribution is 2.32. The maximum atomic E-state index is 4.79. The van der Waals surface area contributed by atoms with Gasteiger partial charge in [0.15, 0.2) is 10.8 Å². The van der Waals surface area contributed by atoms with E-state index >= 15 is 0 Å². The fourth-order valence-corrected chi connectivity index (χ4v) is 5.27. The van der Waals surface area contributed by atoms with Gasteiger partial charge in [0.05, 0.1) is 29.3 Å². The largest absolute Gasteiger partial charge is 0.358 e. The summed E-state index contributed by atoms with van der Waals surface area (Å²) in [7, 11) is 3.00. The van der Waals surface area contributed by atoms with E-state index in [0.29, 0.717) is 11.7 Å². The molecule has 0 saturated heterocycles. The van der Waals surface area contributed by atoms with Crippen LogP contribution in [0.2, 0.25) is 0 Å². The summed E-state index contributed by atoms with van der Waals surface area (Å²) in [5.74, 6) is 0. The molecule has 1 fully saturated rings. The van der Waals surface area contributed by atoms with Crippen LogP contribution in [0, 0.1) is 0 Å². The second kappa shape index (κ2) is 7.13. The average Bonchev–Trinajstić information content (AvgIpc) is 3.27. The number of benzene rings is 1. The smallest absolute Gasteiger partial charge is 0.184 e. The number of aromatic nitrogens is 5. The summed E-state index contributed by atoms with van der Waals surface area (Å²) >= 11 is 1.74. The van der Waals surface area contributed by atoms with E-state index in [0.717, 1.165) is 28.4 Å². The van der Waals surface area contributed by atoms with Crippen molar-refractivity contribution < 1.29 is 0 Å². The minimum Gasteiger partial charge on any atom is -0.358 e. The van der Waals surface area contributed by atoms with Crippen LogP contribution in [0.5, 0.6) is 0 Å². The summed E-state index contributed by atoms with van der Waals surface area (Å²) in [6, 6.07) is 6.99. The third-order valence-electron chi connectivity index (χ3n) is 5.21. The van der Waals surface area contributed by atoms with Crippen LogP contribution < -0.4 is 5.32 Å². The molecular weight excluding hydrogens is 375 g/mol. The molecule has 1 N–H and O–H groups in total. The van der Waals surface area contributed by atoms with Crippen LogP contribution in [0.25, 0.3) is 21.4 Å². The number of hydrogen-bond acceptors (Lipinski definition) is 6. The Labute approximate surface area is 163 Å². The first-order valence-corrected chi connectivity index (χ1v) is 10.8. The average molecular weight is 396 g/mol. The summed E-state index contributed by atoms with van der Waals surface area (Å²) in [4.78, 5) is 17.5. The number of fused-ring (bicyclic) bond motifs is 2. The van der Waals surface area contributed by atoms with Crippen molar-refractivity contribution in [3.05, 3.63) is 42.6 Å². The first kappa shape index (κ1) is 17.0. The number of imidazole rings is 1. The van der Waals surface area contributed by atoms with Gasteiger partial charge in [-0.25, -0.2) is 19.9 Å². The van der Waals surface area contributed by atoms with Crippen LogP contribution in [0.4, 0.5) is 5.13 Å². The molecular formula is C19H21N6PS. The van der Waals surface area contributed by atoms with Crippen LogP contribution in [0.1, 0.15) is 31.2 Å². The lowest BCUT2D eigenvalue weighted by Crippen LogP contribution is -2.32. The quantitative estimate of drug-likeness (QED) is 0.527. The molecule has 0 bridgehead atoms. The van der Waals surface area contributed by atoms with Crippen molar-refractivity contribution >= 4 is 47.1 Å². The second-order valence-electron chi connectivity index (χ2n) is 7.12. The molecule has 138 valence electrons. The standard InChI is InChI=1S/C19H21N6PS/c26-16-4-2-1-3-13(16)23-19-24-14-6-5-12(7-17(14)27-19)9-25-11-22-15-8-20-10-21-18(15)25/h5-8,10-11,13,16H,1-4,9,26H2,(H,23,24)/t13-,16?/m1/s1. The number of nitrogens with zero attached hydrogens (tertiary/aromatic N) is 5. The lowest BCUT2D eigenvalue weighted by molar-refractivity contribution is 0.474. The van der Waals surface area contributed by atoms with Gasteiger partial charge in [0.25, 0.3) is 0 Å². The van der Waals surface area contributed by atoms with Gasteiger partial charge in [0.1, 0.15) is 11.8 Å². The van der Waals surface area contributed by atoms with Crippen molar-refractivity contribution in [1.29, 1.82) is 0 Å². The van der Waals surface area contributed by atoms with E-state index in [9.17, 15) is 0 Å². The molecule has 5 rings (SSSR count). The Morgan fingerprint density at radius 3 is 3.04 bits per heavy atom. The molecule has 1 aliphatic rings. The van der Waals surface area contributed by atoms with E-state index < -0.39 is 0 Å². The van der Waals surface area contributed by atoms with Gasteiger partial charge in [0.2, 0.25) is 0 Å². The van der Waals surface area contributed by atoms with E-state index in [1.165, 1.54) is 35.9 Å². The first-order valence-electron chi connectivity index (χ1n) is 9.29. The molecule has 3 atom stereocenters. The number of rotatable bonds is 4. The molecule has 3 heterocycles. The molecule has 6 nitrogen and oxygen atoms in total. The Morgan fingerprint density at radius 1 is 1.19 bits per heavy atom. The van der Waals surface area contributed by atoms with Crippen molar-refractivity contribution in [3.8, 4) is 0 Å². The predicted molar refractivity (Wildman–Crippen MR) is 113 cm³/mol. The van der Waals surface area contributed by atoms with E-state index in [2.05, 4.69) is 52.3 Å². The molecule has 1 aromatic carbocycles. The van der Waals surface area contributed by atoms with Gasteiger partial charge >= 0.3 is 0 Å². The van der Waals surface area contributed by atoms with Crippen LogP contribution in [0.15, 0.2) is 37.1 Å². The van der Waals surface area contributed by atoms with Crippen molar-refractivity contribution in [2.75, 3.05) is 5.32 Å². The number of hydrogen-bond donors (Lipinski definition) is 1. The SMILES string of the molecule is PC1CCCC[C@H]1Nc1nc2ccc(Cn3cnc4cncnc43)cc2s1. The second-order valence-corrected chi connectivity index (χ2v) is 9.01. The van der Waals surface area contributed by atoms with E-state index in [1.807, 2.05) is 6.33 Å². The zero-order valence-electron chi connectivity index (χ0n) is 14.9. The molecule has 2 unspecified atom stereocenters. The van der Waals surface area contributed by atoms with E-state index in [4.69, 9.17) is 4.98 Å². The molecule has 0 radical (unpaired) electrons. The zero-order chi connectivity index (χ0) is 18.2. The van der Waals surface area contributed by atoms with Crippen LogP contribution in [0.3, 0.4) is 0 Å². The van der Waals surface area contributed by atoms with Gasteiger partial charge < -0.3 is 9.88 Å². The maximum Gasteiger partial charge on any atom is 0.184 e. The first-order chi connectivity index (χ1) is 13.3. The fraction of sp³-hybridized carbons (Fsp3) is 0.368. The Bertz CT molecular complexity index is 1090. The third-order valence-corrected chi connectivity index (χ3v) is 6.96. The number of thiazole rings is 1. The molecule has 3 aromatic heterocycles. The summed E-state index contributed by atoms with van der Waals surface area (Å²) < 4.78 is 3.27. The van der Waals surface area contributed by atoms with Crippen molar-refractivity contribution in [1.82, 2.24) is 24.5 Å². The lowest BCUT2D eigenvalue weighted by atomic mass is 9.95. The van der Waals surface area contributed by atoms with Gasteiger partial charge in [-0.05, 0) is 36.2 Å². The van der Waals surface area contributed by atoms with Crippen LogP contribution >= 0.6 is 20.6 Å². The fourth-order valence-electron chi connectivity index (χ4n) is 3.75. The molecule has 0 spiro atoms. The summed E-state index contributed by atoms with van der Waals surface area (Å²) in [6.07, 6.45) is 10.3. The Hall–Kier alpha value is -2.11. The molecule has 4 aromatic rings. The highest BCUT2D eigenvalue weighted by atomic mass is 32.1. The molecule has 1 saturated carbocycles. The molecule has 0 aliphatic heterocycles. The monoisotopic (exact) mass is 396 g/mol. The Balaban J connectivity index is 1.39. The van der Waals surface area contributed by atoms with Gasteiger partial charge in [-0.3, -0.25) is 0 Å². The van der Waals surface area contributed by atoms with E-state index in [1.54, 1.807) is 23.9 Å².